The van der Waals surface area contributed by atoms with E-state index in [2.05, 4.69) is 0 Å². The Labute approximate surface area is 96.3 Å². The van der Waals surface area contributed by atoms with Crippen LogP contribution in [0.3, 0.4) is 0 Å². The summed E-state index contributed by atoms with van der Waals surface area (Å²) in [6, 6.07) is 7.34. The summed E-state index contributed by atoms with van der Waals surface area (Å²) >= 11 is 0. The first-order chi connectivity index (χ1) is 7.72. The second kappa shape index (κ2) is 7.09. The lowest BCUT2D eigenvalue weighted by molar-refractivity contribution is -0.00213. The van der Waals surface area contributed by atoms with Gasteiger partial charge in [-0.2, -0.15) is 0 Å². The molecule has 4 heteroatoms. The molecule has 0 saturated heterocycles. The molecule has 0 aromatic heterocycles. The fourth-order valence-electron chi connectivity index (χ4n) is 1.30. The van der Waals surface area contributed by atoms with Gasteiger partial charge in [-0.1, -0.05) is 6.07 Å². The lowest BCUT2D eigenvalue weighted by atomic mass is 10.3. The number of nitrogens with two attached hydrogens (primary N) is 1. The van der Waals surface area contributed by atoms with Crippen LogP contribution in [0.15, 0.2) is 24.3 Å². The molecule has 1 aromatic carbocycles. The molecular weight excluding hydrogens is 206 g/mol. The molecule has 0 bridgehead atoms. The topological polar surface area (TPSA) is 53.7 Å². The van der Waals surface area contributed by atoms with Crippen LogP contribution in [0.25, 0.3) is 0 Å². The average Bonchev–Trinajstić information content (AvgIpc) is 2.25. The van der Waals surface area contributed by atoms with Gasteiger partial charge in [-0.25, -0.2) is 0 Å². The van der Waals surface area contributed by atoms with Crippen LogP contribution in [0.2, 0.25) is 0 Å². The summed E-state index contributed by atoms with van der Waals surface area (Å²) < 4.78 is 15.9. The largest absolute Gasteiger partial charge is 0.491 e. The summed E-state index contributed by atoms with van der Waals surface area (Å²) in [5.41, 5.74) is 6.32. The number of benzene rings is 1. The molecule has 0 radical (unpaired) electrons. The SMILES string of the molecule is COCC(C)OCCOc1cccc(N)c1. The first-order valence-electron chi connectivity index (χ1n) is 5.31. The van der Waals surface area contributed by atoms with Gasteiger partial charge in [-0.15, -0.1) is 0 Å². The highest BCUT2D eigenvalue weighted by Gasteiger charge is 2.00. The van der Waals surface area contributed by atoms with Crippen LogP contribution in [0.1, 0.15) is 6.92 Å². The summed E-state index contributed by atoms with van der Waals surface area (Å²) in [6.07, 6.45) is 0.0921. The van der Waals surface area contributed by atoms with Crippen molar-refractivity contribution >= 4 is 5.69 Å². The van der Waals surface area contributed by atoms with Gasteiger partial charge in [0.05, 0.1) is 19.3 Å². The monoisotopic (exact) mass is 225 g/mol. The van der Waals surface area contributed by atoms with Gasteiger partial charge >= 0.3 is 0 Å². The van der Waals surface area contributed by atoms with Gasteiger partial charge in [0.15, 0.2) is 0 Å². The van der Waals surface area contributed by atoms with E-state index in [1.807, 2.05) is 25.1 Å². The Balaban J connectivity index is 2.16. The van der Waals surface area contributed by atoms with Crippen molar-refractivity contribution in [1.29, 1.82) is 0 Å². The smallest absolute Gasteiger partial charge is 0.121 e. The van der Waals surface area contributed by atoms with Crippen LogP contribution in [-0.4, -0.2) is 33.0 Å². The van der Waals surface area contributed by atoms with Crippen LogP contribution < -0.4 is 10.5 Å². The van der Waals surface area contributed by atoms with Crippen molar-refractivity contribution in [2.24, 2.45) is 0 Å². The maximum atomic E-state index is 5.62. The number of ether oxygens (including phenoxy) is 3. The third-order valence-corrected chi connectivity index (χ3v) is 2.01. The Kier molecular flexibility index (Phi) is 5.67. The van der Waals surface area contributed by atoms with Crippen molar-refractivity contribution in [2.45, 2.75) is 13.0 Å². The third-order valence-electron chi connectivity index (χ3n) is 2.01. The zero-order valence-corrected chi connectivity index (χ0v) is 9.81. The van der Waals surface area contributed by atoms with Gasteiger partial charge in [-0.3, -0.25) is 0 Å². The number of nitrogen functional groups attached to an aromatic ring is 1. The maximum Gasteiger partial charge on any atom is 0.121 e. The number of hydrogen-bond acceptors (Lipinski definition) is 4. The Morgan fingerprint density at radius 3 is 2.81 bits per heavy atom. The molecule has 0 aliphatic rings. The molecule has 16 heavy (non-hydrogen) atoms. The minimum absolute atomic E-state index is 0.0921. The molecule has 0 saturated carbocycles. The molecule has 1 atom stereocenters. The zero-order chi connectivity index (χ0) is 11.8. The van der Waals surface area contributed by atoms with E-state index in [1.54, 1.807) is 13.2 Å². The van der Waals surface area contributed by atoms with E-state index in [-0.39, 0.29) is 6.10 Å². The Bertz CT molecular complexity index is 304. The number of hydrogen-bond donors (Lipinski definition) is 1. The van der Waals surface area contributed by atoms with Crippen LogP contribution in [0.4, 0.5) is 5.69 Å². The van der Waals surface area contributed by atoms with Crippen molar-refractivity contribution in [3.63, 3.8) is 0 Å². The first kappa shape index (κ1) is 12.8. The van der Waals surface area contributed by atoms with E-state index in [0.29, 0.717) is 25.5 Å². The molecule has 1 aromatic rings. The fourth-order valence-corrected chi connectivity index (χ4v) is 1.30. The highest BCUT2D eigenvalue weighted by Crippen LogP contribution is 2.14. The second-order valence-corrected chi connectivity index (χ2v) is 3.56. The van der Waals surface area contributed by atoms with E-state index in [0.717, 1.165) is 5.75 Å². The average molecular weight is 225 g/mol. The van der Waals surface area contributed by atoms with Crippen molar-refractivity contribution in [2.75, 3.05) is 32.7 Å². The van der Waals surface area contributed by atoms with E-state index < -0.39 is 0 Å². The van der Waals surface area contributed by atoms with Crippen LogP contribution >= 0.6 is 0 Å². The van der Waals surface area contributed by atoms with Gasteiger partial charge in [-0.05, 0) is 19.1 Å². The van der Waals surface area contributed by atoms with E-state index >= 15 is 0 Å². The lowest BCUT2D eigenvalue weighted by Gasteiger charge is -2.12. The number of rotatable bonds is 7. The van der Waals surface area contributed by atoms with Crippen molar-refractivity contribution in [1.82, 2.24) is 0 Å². The zero-order valence-electron chi connectivity index (χ0n) is 9.81. The maximum absolute atomic E-state index is 5.62. The van der Waals surface area contributed by atoms with Crippen molar-refractivity contribution in [3.05, 3.63) is 24.3 Å². The first-order valence-corrected chi connectivity index (χ1v) is 5.31. The van der Waals surface area contributed by atoms with Gasteiger partial charge in [0.2, 0.25) is 0 Å². The lowest BCUT2D eigenvalue weighted by Crippen LogP contribution is -2.18. The van der Waals surface area contributed by atoms with E-state index in [4.69, 9.17) is 19.9 Å². The van der Waals surface area contributed by atoms with Crippen LogP contribution in [-0.2, 0) is 9.47 Å². The molecule has 4 nitrogen and oxygen atoms in total. The Morgan fingerprint density at radius 2 is 2.12 bits per heavy atom. The summed E-state index contributed by atoms with van der Waals surface area (Å²) in [6.45, 7) is 3.61. The number of anilines is 1. The molecule has 0 aliphatic heterocycles. The van der Waals surface area contributed by atoms with Gasteiger partial charge in [0, 0.05) is 18.9 Å². The predicted octanol–water partition coefficient (Wildman–Crippen LogP) is 1.70. The molecular formula is C12H19NO3. The molecule has 0 amide bonds. The van der Waals surface area contributed by atoms with Gasteiger partial charge < -0.3 is 19.9 Å². The highest BCUT2D eigenvalue weighted by atomic mass is 16.5. The minimum Gasteiger partial charge on any atom is -0.491 e. The normalized spacial score (nSPS) is 12.4. The Morgan fingerprint density at radius 1 is 1.31 bits per heavy atom. The molecule has 0 aliphatic carbocycles. The summed E-state index contributed by atoms with van der Waals surface area (Å²) in [5.74, 6) is 0.767. The van der Waals surface area contributed by atoms with E-state index in [9.17, 15) is 0 Å². The number of methoxy groups -OCH3 is 1. The molecule has 90 valence electrons. The van der Waals surface area contributed by atoms with Gasteiger partial charge in [0.1, 0.15) is 12.4 Å². The summed E-state index contributed by atoms with van der Waals surface area (Å²) in [4.78, 5) is 0. The van der Waals surface area contributed by atoms with Crippen LogP contribution in [0.5, 0.6) is 5.75 Å². The molecule has 0 spiro atoms. The standard InChI is InChI=1S/C12H19NO3/c1-10(9-14-2)15-6-7-16-12-5-3-4-11(13)8-12/h3-5,8,10H,6-7,9,13H2,1-2H3. The van der Waals surface area contributed by atoms with Gasteiger partial charge in [0.25, 0.3) is 0 Å². The molecule has 1 rings (SSSR count). The Hall–Kier alpha value is -1.26. The third kappa shape index (κ3) is 5.00. The molecule has 1 unspecified atom stereocenters. The summed E-state index contributed by atoms with van der Waals surface area (Å²) in [5, 5.41) is 0. The molecule has 0 fully saturated rings. The highest BCUT2D eigenvalue weighted by molar-refractivity contribution is 5.43. The summed E-state index contributed by atoms with van der Waals surface area (Å²) in [7, 11) is 1.66. The van der Waals surface area contributed by atoms with Crippen molar-refractivity contribution < 1.29 is 14.2 Å². The quantitative estimate of drug-likeness (QED) is 0.567. The second-order valence-electron chi connectivity index (χ2n) is 3.56. The van der Waals surface area contributed by atoms with E-state index in [1.165, 1.54) is 0 Å². The van der Waals surface area contributed by atoms with Crippen LogP contribution in [0, 0.1) is 0 Å². The van der Waals surface area contributed by atoms with Crippen molar-refractivity contribution in [3.8, 4) is 5.75 Å². The predicted molar refractivity (Wildman–Crippen MR) is 63.6 cm³/mol. The fraction of sp³-hybridized carbons (Fsp3) is 0.500. The minimum atomic E-state index is 0.0921. The molecule has 0 heterocycles. The molecule has 2 N–H and O–H groups in total.